The van der Waals surface area contributed by atoms with Crippen LogP contribution in [0.15, 0.2) is 45.5 Å². The van der Waals surface area contributed by atoms with Crippen LogP contribution in [0.1, 0.15) is 35.4 Å². The first-order valence-corrected chi connectivity index (χ1v) is 8.85. The third-order valence-corrected chi connectivity index (χ3v) is 4.57. The molecule has 126 valence electrons. The van der Waals surface area contributed by atoms with Crippen molar-refractivity contribution in [3.63, 3.8) is 0 Å². The lowest BCUT2D eigenvalue weighted by atomic mass is 10.1. The lowest BCUT2D eigenvalue weighted by Gasteiger charge is -2.23. The molecule has 0 saturated heterocycles. The molecule has 0 unspecified atom stereocenters. The van der Waals surface area contributed by atoms with Crippen LogP contribution in [0.3, 0.4) is 0 Å². The molecule has 2 aromatic rings. The Hall–Kier alpha value is -2.08. The van der Waals surface area contributed by atoms with Gasteiger partial charge in [0.2, 0.25) is 5.91 Å². The molecule has 5 nitrogen and oxygen atoms in total. The van der Waals surface area contributed by atoms with Crippen molar-refractivity contribution in [2.75, 3.05) is 18.0 Å². The largest absolute Gasteiger partial charge is 0.459 e. The average molecular weight is 391 g/mol. The van der Waals surface area contributed by atoms with E-state index < -0.39 is 0 Å². The zero-order valence-corrected chi connectivity index (χ0v) is 14.8. The Morgan fingerprint density at radius 2 is 2.12 bits per heavy atom. The SMILES string of the molecule is O=C(NCCC(=O)N1CCCCc2cc(Br)ccc21)c1ccco1. The lowest BCUT2D eigenvalue weighted by molar-refractivity contribution is -0.118. The van der Waals surface area contributed by atoms with Crippen molar-refractivity contribution in [1.82, 2.24) is 5.32 Å². The molecule has 3 rings (SSSR count). The molecule has 0 spiro atoms. The fourth-order valence-corrected chi connectivity index (χ4v) is 3.30. The molecule has 1 aromatic carbocycles. The van der Waals surface area contributed by atoms with Crippen LogP contribution >= 0.6 is 15.9 Å². The van der Waals surface area contributed by atoms with Gasteiger partial charge in [-0.05, 0) is 55.2 Å². The maximum atomic E-state index is 12.6. The highest BCUT2D eigenvalue weighted by atomic mass is 79.9. The highest BCUT2D eigenvalue weighted by Gasteiger charge is 2.21. The molecule has 1 aliphatic heterocycles. The number of hydrogen-bond donors (Lipinski definition) is 1. The van der Waals surface area contributed by atoms with Crippen LogP contribution in [-0.4, -0.2) is 24.9 Å². The standard InChI is InChI=1S/C18H19BrN2O3/c19-14-6-7-15-13(12-14)4-1-2-10-21(15)17(22)8-9-20-18(23)16-5-3-11-24-16/h3,5-7,11-12H,1-2,4,8-10H2,(H,20,23). The number of amides is 2. The number of nitrogens with zero attached hydrogens (tertiary/aromatic N) is 1. The molecular formula is C18H19BrN2O3. The minimum atomic E-state index is -0.298. The minimum absolute atomic E-state index is 0.0280. The van der Waals surface area contributed by atoms with E-state index in [4.69, 9.17) is 4.42 Å². The monoisotopic (exact) mass is 390 g/mol. The maximum absolute atomic E-state index is 12.6. The van der Waals surface area contributed by atoms with Crippen LogP contribution in [0.5, 0.6) is 0 Å². The molecule has 2 heterocycles. The number of benzene rings is 1. The van der Waals surface area contributed by atoms with Crippen LogP contribution in [0.25, 0.3) is 0 Å². The molecule has 6 heteroatoms. The number of aryl methyl sites for hydroxylation is 1. The zero-order valence-electron chi connectivity index (χ0n) is 13.3. The van der Waals surface area contributed by atoms with Crippen molar-refractivity contribution in [3.8, 4) is 0 Å². The number of nitrogens with one attached hydrogen (secondary N) is 1. The van der Waals surface area contributed by atoms with Gasteiger partial charge >= 0.3 is 0 Å². The number of carbonyl (C=O) groups is 2. The summed E-state index contributed by atoms with van der Waals surface area (Å²) in [6.45, 7) is 1.01. The molecule has 0 saturated carbocycles. The van der Waals surface area contributed by atoms with Crippen LogP contribution in [-0.2, 0) is 11.2 Å². The minimum Gasteiger partial charge on any atom is -0.459 e. The Morgan fingerprint density at radius 3 is 2.92 bits per heavy atom. The first-order valence-electron chi connectivity index (χ1n) is 8.05. The lowest BCUT2D eigenvalue weighted by Crippen LogP contribution is -2.35. The van der Waals surface area contributed by atoms with E-state index in [0.29, 0.717) is 6.54 Å². The van der Waals surface area contributed by atoms with Crippen molar-refractivity contribution in [2.24, 2.45) is 0 Å². The summed E-state index contributed by atoms with van der Waals surface area (Å²) >= 11 is 3.49. The number of halogens is 1. The predicted molar refractivity (Wildman–Crippen MR) is 95.1 cm³/mol. The van der Waals surface area contributed by atoms with Crippen LogP contribution in [0.2, 0.25) is 0 Å². The molecular weight excluding hydrogens is 372 g/mol. The first-order chi connectivity index (χ1) is 11.6. The summed E-state index contributed by atoms with van der Waals surface area (Å²) in [5.74, 6) is -0.0133. The molecule has 0 atom stereocenters. The predicted octanol–water partition coefficient (Wildman–Crippen LogP) is 3.53. The topological polar surface area (TPSA) is 62.6 Å². The van der Waals surface area contributed by atoms with Gasteiger partial charge in [-0.3, -0.25) is 9.59 Å². The van der Waals surface area contributed by atoms with E-state index in [0.717, 1.165) is 36.0 Å². The second kappa shape index (κ2) is 7.66. The summed E-state index contributed by atoms with van der Waals surface area (Å²) in [6, 6.07) is 9.29. The summed E-state index contributed by atoms with van der Waals surface area (Å²) in [5, 5.41) is 2.72. The van der Waals surface area contributed by atoms with Gasteiger partial charge in [-0.25, -0.2) is 0 Å². The highest BCUT2D eigenvalue weighted by Crippen LogP contribution is 2.29. The molecule has 0 radical (unpaired) electrons. The van der Waals surface area contributed by atoms with Crippen LogP contribution < -0.4 is 10.2 Å². The third-order valence-electron chi connectivity index (χ3n) is 4.08. The van der Waals surface area contributed by atoms with Gasteiger partial charge in [-0.15, -0.1) is 0 Å². The van der Waals surface area contributed by atoms with E-state index in [1.165, 1.54) is 11.8 Å². The normalized spacial score (nSPS) is 14.0. The van der Waals surface area contributed by atoms with Gasteiger partial charge in [-0.2, -0.15) is 0 Å². The van der Waals surface area contributed by atoms with E-state index in [-0.39, 0.29) is 24.0 Å². The van der Waals surface area contributed by atoms with Crippen molar-refractivity contribution < 1.29 is 14.0 Å². The molecule has 1 aliphatic rings. The maximum Gasteiger partial charge on any atom is 0.286 e. The van der Waals surface area contributed by atoms with Gasteiger partial charge in [0.25, 0.3) is 5.91 Å². The van der Waals surface area contributed by atoms with Gasteiger partial charge < -0.3 is 14.6 Å². The van der Waals surface area contributed by atoms with Gasteiger partial charge in [0.05, 0.1) is 6.26 Å². The molecule has 0 bridgehead atoms. The smallest absolute Gasteiger partial charge is 0.286 e. The second-order valence-corrected chi connectivity index (χ2v) is 6.67. The van der Waals surface area contributed by atoms with Crippen LogP contribution in [0, 0.1) is 0 Å². The Bertz CT molecular complexity index is 728. The van der Waals surface area contributed by atoms with Gasteiger partial charge in [0, 0.05) is 29.7 Å². The van der Waals surface area contributed by atoms with Gasteiger partial charge in [-0.1, -0.05) is 15.9 Å². The Morgan fingerprint density at radius 1 is 1.25 bits per heavy atom. The van der Waals surface area contributed by atoms with Crippen molar-refractivity contribution in [3.05, 3.63) is 52.4 Å². The van der Waals surface area contributed by atoms with Crippen molar-refractivity contribution in [2.45, 2.75) is 25.7 Å². The van der Waals surface area contributed by atoms with E-state index in [9.17, 15) is 9.59 Å². The zero-order chi connectivity index (χ0) is 16.9. The fourth-order valence-electron chi connectivity index (χ4n) is 2.90. The summed E-state index contributed by atoms with van der Waals surface area (Å²) < 4.78 is 6.06. The molecule has 0 fully saturated rings. The van der Waals surface area contributed by atoms with E-state index in [1.807, 2.05) is 17.0 Å². The average Bonchev–Trinajstić information content (AvgIpc) is 3.02. The molecule has 1 aromatic heterocycles. The Kier molecular flexibility index (Phi) is 5.35. The molecule has 24 heavy (non-hydrogen) atoms. The van der Waals surface area contributed by atoms with E-state index in [1.54, 1.807) is 12.1 Å². The van der Waals surface area contributed by atoms with Crippen LogP contribution in [0.4, 0.5) is 5.69 Å². The van der Waals surface area contributed by atoms with E-state index >= 15 is 0 Å². The number of rotatable bonds is 4. The summed E-state index contributed by atoms with van der Waals surface area (Å²) in [5.41, 5.74) is 2.17. The number of hydrogen-bond acceptors (Lipinski definition) is 3. The molecule has 2 amide bonds. The first kappa shape index (κ1) is 16.8. The summed E-state index contributed by atoms with van der Waals surface area (Å²) in [7, 11) is 0. The molecule has 1 N–H and O–H groups in total. The van der Waals surface area contributed by atoms with Crippen molar-refractivity contribution in [1.29, 1.82) is 0 Å². The highest BCUT2D eigenvalue weighted by molar-refractivity contribution is 9.10. The Labute approximate surface area is 149 Å². The van der Waals surface area contributed by atoms with Gasteiger partial charge in [0.1, 0.15) is 0 Å². The van der Waals surface area contributed by atoms with Crippen molar-refractivity contribution >= 4 is 33.4 Å². The molecule has 0 aliphatic carbocycles. The summed E-state index contributed by atoms with van der Waals surface area (Å²) in [4.78, 5) is 26.3. The number of carbonyl (C=O) groups excluding carboxylic acids is 2. The number of fused-ring (bicyclic) bond motifs is 1. The number of anilines is 1. The van der Waals surface area contributed by atoms with E-state index in [2.05, 4.69) is 27.3 Å². The van der Waals surface area contributed by atoms with Gasteiger partial charge in [0.15, 0.2) is 5.76 Å². The fraction of sp³-hybridized carbons (Fsp3) is 0.333. The quantitative estimate of drug-likeness (QED) is 0.868. The third kappa shape index (κ3) is 3.87. The number of furan rings is 1. The summed E-state index contributed by atoms with van der Waals surface area (Å²) in [6.07, 6.45) is 4.75. The second-order valence-electron chi connectivity index (χ2n) is 5.76. The Balaban J connectivity index is 1.61.